The van der Waals surface area contributed by atoms with Gasteiger partial charge in [0.25, 0.3) is 0 Å². The second-order valence-electron chi connectivity index (χ2n) is 7.09. The molecule has 29 heavy (non-hydrogen) atoms. The molecule has 1 aliphatic heterocycles. The molecule has 0 spiro atoms. The Labute approximate surface area is 175 Å². The molecule has 0 unspecified atom stereocenters. The second kappa shape index (κ2) is 9.18. The van der Waals surface area contributed by atoms with Crippen LogP contribution in [0, 0.1) is 0 Å². The number of aromatic nitrogens is 2. The van der Waals surface area contributed by atoms with Gasteiger partial charge in [-0.1, -0.05) is 43.9 Å². The van der Waals surface area contributed by atoms with Gasteiger partial charge in [-0.25, -0.2) is 4.98 Å². The van der Waals surface area contributed by atoms with Crippen LogP contribution in [-0.4, -0.2) is 23.3 Å². The number of nitrogens with zero attached hydrogens (tertiary/aromatic N) is 2. The van der Waals surface area contributed by atoms with E-state index in [0.717, 1.165) is 46.7 Å². The van der Waals surface area contributed by atoms with E-state index in [1.807, 2.05) is 36.4 Å². The number of ether oxygens (including phenoxy) is 2. The van der Waals surface area contributed by atoms with Gasteiger partial charge in [-0.2, -0.15) is 4.98 Å². The van der Waals surface area contributed by atoms with E-state index in [1.54, 1.807) is 0 Å². The molecule has 2 heterocycles. The smallest absolute Gasteiger partial charge is 0.231 e. The molecule has 6 nitrogen and oxygen atoms in total. The predicted octanol–water partition coefficient (Wildman–Crippen LogP) is 5.62. The fourth-order valence-corrected chi connectivity index (χ4v) is 3.48. The topological polar surface area (TPSA) is 68.3 Å². The lowest BCUT2D eigenvalue weighted by atomic mass is 10.2. The zero-order valence-electron chi connectivity index (χ0n) is 16.5. The zero-order valence-corrected chi connectivity index (χ0v) is 17.3. The third-order valence-electron chi connectivity index (χ3n) is 4.87. The molecule has 0 saturated carbocycles. The first kappa shape index (κ1) is 19.6. The van der Waals surface area contributed by atoms with Gasteiger partial charge in [-0.15, -0.1) is 0 Å². The summed E-state index contributed by atoms with van der Waals surface area (Å²) in [4.78, 5) is 9.34. The number of anilines is 2. The molecule has 0 amide bonds. The Bertz CT molecular complexity index is 996. The van der Waals surface area contributed by atoms with Crippen LogP contribution in [0.4, 0.5) is 11.8 Å². The molecule has 0 fully saturated rings. The predicted molar refractivity (Wildman–Crippen MR) is 117 cm³/mol. The molecule has 152 valence electrons. The van der Waals surface area contributed by atoms with Crippen molar-refractivity contribution < 1.29 is 9.47 Å². The molecule has 3 aromatic rings. The largest absolute Gasteiger partial charge is 0.454 e. The highest BCUT2D eigenvalue weighted by atomic mass is 35.5. The molecule has 2 N–H and O–H groups in total. The summed E-state index contributed by atoms with van der Waals surface area (Å²) in [6.45, 7) is 3.95. The van der Waals surface area contributed by atoms with Crippen LogP contribution in [0.2, 0.25) is 5.02 Å². The van der Waals surface area contributed by atoms with Crippen molar-refractivity contribution in [3.8, 4) is 11.5 Å². The maximum absolute atomic E-state index is 6.21. The second-order valence-corrected chi connectivity index (χ2v) is 7.52. The van der Waals surface area contributed by atoms with Gasteiger partial charge in [0.1, 0.15) is 5.82 Å². The lowest BCUT2D eigenvalue weighted by molar-refractivity contribution is 0.174. The van der Waals surface area contributed by atoms with Crippen LogP contribution in [0.25, 0.3) is 10.9 Å². The summed E-state index contributed by atoms with van der Waals surface area (Å²) in [7, 11) is 0. The van der Waals surface area contributed by atoms with Gasteiger partial charge >= 0.3 is 0 Å². The van der Waals surface area contributed by atoms with Gasteiger partial charge in [0, 0.05) is 23.5 Å². The third kappa shape index (κ3) is 4.82. The van der Waals surface area contributed by atoms with Gasteiger partial charge < -0.3 is 20.1 Å². The normalized spacial score (nSPS) is 12.3. The Morgan fingerprint density at radius 1 is 0.966 bits per heavy atom. The number of rotatable bonds is 9. The molecule has 0 saturated heterocycles. The van der Waals surface area contributed by atoms with E-state index >= 15 is 0 Å². The maximum atomic E-state index is 6.21. The molecule has 1 aliphatic rings. The average Bonchev–Trinajstić information content (AvgIpc) is 3.20. The van der Waals surface area contributed by atoms with E-state index in [-0.39, 0.29) is 6.79 Å². The number of hydrogen-bond donors (Lipinski definition) is 2. The zero-order chi connectivity index (χ0) is 20.1. The van der Waals surface area contributed by atoms with Crippen LogP contribution in [0.15, 0.2) is 36.4 Å². The molecule has 0 bridgehead atoms. The fourth-order valence-electron chi connectivity index (χ4n) is 3.30. The molecular formula is C22H25ClN4O2. The Balaban J connectivity index is 1.52. The summed E-state index contributed by atoms with van der Waals surface area (Å²) < 4.78 is 10.8. The Kier molecular flexibility index (Phi) is 6.20. The standard InChI is InChI=1S/C22H25ClN4O2/c1-2-3-4-5-10-24-22-26-18-8-7-16(23)12-17(18)21(27-22)25-13-15-6-9-19-20(11-15)29-14-28-19/h6-9,11-12H,2-5,10,13-14H2,1H3,(H2,24,25,26,27). The summed E-state index contributed by atoms with van der Waals surface area (Å²) in [5, 5.41) is 8.34. The van der Waals surface area contributed by atoms with Crippen molar-refractivity contribution in [3.63, 3.8) is 0 Å². The van der Waals surface area contributed by atoms with Crippen molar-refractivity contribution in [1.82, 2.24) is 9.97 Å². The number of fused-ring (bicyclic) bond motifs is 2. The van der Waals surface area contributed by atoms with Gasteiger partial charge in [-0.3, -0.25) is 0 Å². The number of hydrogen-bond acceptors (Lipinski definition) is 6. The Morgan fingerprint density at radius 3 is 2.76 bits per heavy atom. The van der Waals surface area contributed by atoms with E-state index in [0.29, 0.717) is 17.5 Å². The Hall–Kier alpha value is -2.73. The van der Waals surface area contributed by atoms with Crippen molar-refractivity contribution in [2.24, 2.45) is 0 Å². The van der Waals surface area contributed by atoms with Crippen LogP contribution in [0.3, 0.4) is 0 Å². The van der Waals surface area contributed by atoms with Gasteiger partial charge in [0.15, 0.2) is 11.5 Å². The summed E-state index contributed by atoms with van der Waals surface area (Å²) >= 11 is 6.21. The summed E-state index contributed by atoms with van der Waals surface area (Å²) in [5.74, 6) is 2.94. The van der Waals surface area contributed by atoms with Gasteiger partial charge in [-0.05, 0) is 42.3 Å². The summed E-state index contributed by atoms with van der Waals surface area (Å²) in [5.41, 5.74) is 1.94. The number of halogens is 1. The van der Waals surface area contributed by atoms with E-state index in [1.165, 1.54) is 19.3 Å². The Morgan fingerprint density at radius 2 is 1.86 bits per heavy atom. The van der Waals surface area contributed by atoms with E-state index in [2.05, 4.69) is 22.5 Å². The van der Waals surface area contributed by atoms with Gasteiger partial charge in [0.05, 0.1) is 5.52 Å². The van der Waals surface area contributed by atoms with Crippen LogP contribution >= 0.6 is 11.6 Å². The molecule has 0 aliphatic carbocycles. The highest BCUT2D eigenvalue weighted by Crippen LogP contribution is 2.33. The van der Waals surface area contributed by atoms with E-state index in [4.69, 9.17) is 26.1 Å². The SMILES string of the molecule is CCCCCCNc1nc(NCc2ccc3c(c2)OCO3)c2cc(Cl)ccc2n1. The maximum Gasteiger partial charge on any atom is 0.231 e. The molecule has 0 atom stereocenters. The van der Waals surface area contributed by atoms with E-state index in [9.17, 15) is 0 Å². The number of benzene rings is 2. The number of nitrogens with one attached hydrogen (secondary N) is 2. The first-order valence-corrected chi connectivity index (χ1v) is 10.4. The van der Waals surface area contributed by atoms with Crippen molar-refractivity contribution in [2.75, 3.05) is 24.0 Å². The van der Waals surface area contributed by atoms with Crippen molar-refractivity contribution in [2.45, 2.75) is 39.2 Å². The van der Waals surface area contributed by atoms with Crippen LogP contribution in [-0.2, 0) is 6.54 Å². The molecular weight excluding hydrogens is 388 g/mol. The fraction of sp³-hybridized carbons (Fsp3) is 0.364. The lowest BCUT2D eigenvalue weighted by Crippen LogP contribution is -2.09. The minimum Gasteiger partial charge on any atom is -0.454 e. The first-order chi connectivity index (χ1) is 14.2. The average molecular weight is 413 g/mol. The van der Waals surface area contributed by atoms with Crippen LogP contribution in [0.5, 0.6) is 11.5 Å². The highest BCUT2D eigenvalue weighted by Gasteiger charge is 2.14. The van der Waals surface area contributed by atoms with Crippen molar-refractivity contribution in [1.29, 1.82) is 0 Å². The van der Waals surface area contributed by atoms with Crippen LogP contribution in [0.1, 0.15) is 38.2 Å². The highest BCUT2D eigenvalue weighted by molar-refractivity contribution is 6.31. The summed E-state index contributed by atoms with van der Waals surface area (Å²) in [6, 6.07) is 11.6. The third-order valence-corrected chi connectivity index (χ3v) is 5.10. The number of unbranched alkanes of at least 4 members (excludes halogenated alkanes) is 3. The monoisotopic (exact) mass is 412 g/mol. The summed E-state index contributed by atoms with van der Waals surface area (Å²) in [6.07, 6.45) is 4.79. The van der Waals surface area contributed by atoms with Crippen molar-refractivity contribution >= 4 is 34.3 Å². The minimum absolute atomic E-state index is 0.272. The molecule has 2 aromatic carbocycles. The minimum atomic E-state index is 0.272. The van der Waals surface area contributed by atoms with Crippen LogP contribution < -0.4 is 20.1 Å². The molecule has 0 radical (unpaired) electrons. The first-order valence-electron chi connectivity index (χ1n) is 10.1. The lowest BCUT2D eigenvalue weighted by Gasteiger charge is -2.12. The van der Waals surface area contributed by atoms with Gasteiger partial charge in [0.2, 0.25) is 12.7 Å². The molecule has 1 aromatic heterocycles. The molecule has 4 rings (SSSR count). The quantitative estimate of drug-likeness (QED) is 0.445. The van der Waals surface area contributed by atoms with E-state index < -0.39 is 0 Å². The van der Waals surface area contributed by atoms with Crippen molar-refractivity contribution in [3.05, 3.63) is 47.0 Å². The molecule has 7 heteroatoms.